The molecule has 0 spiro atoms. The summed E-state index contributed by atoms with van der Waals surface area (Å²) in [5.41, 5.74) is 1.13. The molecule has 2 atom stereocenters. The van der Waals surface area contributed by atoms with Gasteiger partial charge in [0.25, 0.3) is 0 Å². The standard InChI is InChI=1S/C16H24N4O2S/c21-15(18-5-2-6-20-7-9-22-10-8-20)14-12-23-16(19-14)13-3-1-4-17-11-13/h1,3-4,11,14,16,19H,2,5-10,12H2,(H,18,21). The Morgan fingerprint density at radius 2 is 2.35 bits per heavy atom. The summed E-state index contributed by atoms with van der Waals surface area (Å²) in [6, 6.07) is 3.85. The summed E-state index contributed by atoms with van der Waals surface area (Å²) in [5.74, 6) is 0.903. The number of carbonyl (C=O) groups is 1. The molecule has 2 aliphatic rings. The molecular formula is C16H24N4O2S. The van der Waals surface area contributed by atoms with Crippen LogP contribution in [0.2, 0.25) is 0 Å². The smallest absolute Gasteiger partial charge is 0.238 e. The molecule has 23 heavy (non-hydrogen) atoms. The first kappa shape index (κ1) is 16.7. The van der Waals surface area contributed by atoms with Crippen molar-refractivity contribution in [3.63, 3.8) is 0 Å². The third-order valence-electron chi connectivity index (χ3n) is 4.14. The highest BCUT2D eigenvalue weighted by Crippen LogP contribution is 2.32. The molecule has 126 valence electrons. The quantitative estimate of drug-likeness (QED) is 0.743. The zero-order chi connectivity index (χ0) is 15.9. The van der Waals surface area contributed by atoms with Gasteiger partial charge in [-0.2, -0.15) is 0 Å². The van der Waals surface area contributed by atoms with Crippen LogP contribution in [0.4, 0.5) is 0 Å². The van der Waals surface area contributed by atoms with Crippen LogP contribution in [-0.2, 0) is 9.53 Å². The number of aromatic nitrogens is 1. The third kappa shape index (κ3) is 4.91. The van der Waals surface area contributed by atoms with Crippen LogP contribution in [0.15, 0.2) is 24.5 Å². The van der Waals surface area contributed by atoms with Crippen LogP contribution in [0.25, 0.3) is 0 Å². The Labute approximate surface area is 141 Å². The Hall–Kier alpha value is -1.15. The molecule has 1 aromatic rings. The highest BCUT2D eigenvalue weighted by molar-refractivity contribution is 7.99. The van der Waals surface area contributed by atoms with Gasteiger partial charge in [-0.25, -0.2) is 0 Å². The lowest BCUT2D eigenvalue weighted by molar-refractivity contribution is -0.122. The number of ether oxygens (including phenoxy) is 1. The molecular weight excluding hydrogens is 312 g/mol. The molecule has 2 unspecified atom stereocenters. The van der Waals surface area contributed by atoms with Gasteiger partial charge >= 0.3 is 0 Å². The van der Waals surface area contributed by atoms with Gasteiger partial charge in [0, 0.05) is 37.8 Å². The number of morpholine rings is 1. The zero-order valence-corrected chi connectivity index (χ0v) is 14.1. The van der Waals surface area contributed by atoms with Crippen molar-refractivity contribution in [2.45, 2.75) is 17.8 Å². The van der Waals surface area contributed by atoms with E-state index < -0.39 is 0 Å². The molecule has 2 fully saturated rings. The molecule has 0 aliphatic carbocycles. The molecule has 1 amide bonds. The molecule has 3 rings (SSSR count). The monoisotopic (exact) mass is 336 g/mol. The van der Waals surface area contributed by atoms with Gasteiger partial charge in [0.1, 0.15) is 0 Å². The van der Waals surface area contributed by atoms with Crippen molar-refractivity contribution in [3.8, 4) is 0 Å². The summed E-state index contributed by atoms with van der Waals surface area (Å²) in [4.78, 5) is 18.8. The van der Waals surface area contributed by atoms with E-state index in [1.807, 2.05) is 18.3 Å². The SMILES string of the molecule is O=C(NCCCN1CCOCC1)C1CSC(c2cccnc2)N1. The van der Waals surface area contributed by atoms with Crippen molar-refractivity contribution in [3.05, 3.63) is 30.1 Å². The highest BCUT2D eigenvalue weighted by atomic mass is 32.2. The van der Waals surface area contributed by atoms with Crippen molar-refractivity contribution >= 4 is 17.7 Å². The van der Waals surface area contributed by atoms with Gasteiger partial charge in [0.05, 0.1) is 24.6 Å². The second kappa shape index (κ2) is 8.63. The average Bonchev–Trinajstić information content (AvgIpc) is 3.10. The number of nitrogens with zero attached hydrogens (tertiary/aromatic N) is 2. The number of thioether (sulfide) groups is 1. The largest absolute Gasteiger partial charge is 0.379 e. The van der Waals surface area contributed by atoms with Crippen LogP contribution < -0.4 is 10.6 Å². The van der Waals surface area contributed by atoms with Crippen LogP contribution in [-0.4, -0.2) is 67.0 Å². The minimum atomic E-state index is -0.117. The summed E-state index contributed by atoms with van der Waals surface area (Å²) >= 11 is 1.76. The fourth-order valence-corrected chi connectivity index (χ4v) is 4.03. The first-order valence-electron chi connectivity index (χ1n) is 8.18. The van der Waals surface area contributed by atoms with Gasteiger partial charge in [0.15, 0.2) is 0 Å². The molecule has 3 heterocycles. The van der Waals surface area contributed by atoms with E-state index in [4.69, 9.17) is 4.74 Å². The maximum Gasteiger partial charge on any atom is 0.238 e. The highest BCUT2D eigenvalue weighted by Gasteiger charge is 2.30. The number of amides is 1. The van der Waals surface area contributed by atoms with Crippen LogP contribution in [0.3, 0.4) is 0 Å². The Bertz CT molecular complexity index is 496. The predicted molar refractivity (Wildman–Crippen MR) is 91.2 cm³/mol. The van der Waals surface area contributed by atoms with E-state index >= 15 is 0 Å². The van der Waals surface area contributed by atoms with Gasteiger partial charge in [0.2, 0.25) is 5.91 Å². The van der Waals surface area contributed by atoms with E-state index in [-0.39, 0.29) is 17.3 Å². The summed E-state index contributed by atoms with van der Waals surface area (Å²) in [6.07, 6.45) is 4.60. The molecule has 0 aromatic carbocycles. The lowest BCUT2D eigenvalue weighted by Crippen LogP contribution is -2.43. The van der Waals surface area contributed by atoms with E-state index in [9.17, 15) is 4.79 Å². The third-order valence-corrected chi connectivity index (χ3v) is 5.41. The molecule has 0 saturated carbocycles. The van der Waals surface area contributed by atoms with Crippen molar-refractivity contribution in [1.29, 1.82) is 0 Å². The molecule has 6 nitrogen and oxygen atoms in total. The van der Waals surface area contributed by atoms with Gasteiger partial charge in [-0.15, -0.1) is 11.8 Å². The lowest BCUT2D eigenvalue weighted by atomic mass is 10.2. The van der Waals surface area contributed by atoms with E-state index in [2.05, 4.69) is 20.5 Å². The number of nitrogens with one attached hydrogen (secondary N) is 2. The molecule has 0 bridgehead atoms. The number of pyridine rings is 1. The maximum atomic E-state index is 12.2. The van der Waals surface area contributed by atoms with Gasteiger partial charge in [-0.05, 0) is 24.6 Å². The van der Waals surface area contributed by atoms with Crippen LogP contribution >= 0.6 is 11.8 Å². The topological polar surface area (TPSA) is 66.5 Å². The van der Waals surface area contributed by atoms with E-state index in [0.717, 1.165) is 57.1 Å². The molecule has 2 N–H and O–H groups in total. The first-order valence-corrected chi connectivity index (χ1v) is 9.23. The normalized spacial score (nSPS) is 25.4. The van der Waals surface area contributed by atoms with Crippen LogP contribution in [0.5, 0.6) is 0 Å². The Morgan fingerprint density at radius 1 is 1.48 bits per heavy atom. The zero-order valence-electron chi connectivity index (χ0n) is 13.2. The average molecular weight is 336 g/mol. The maximum absolute atomic E-state index is 12.2. The summed E-state index contributed by atoms with van der Waals surface area (Å²) < 4.78 is 5.33. The summed E-state index contributed by atoms with van der Waals surface area (Å²) in [5, 5.41) is 6.59. The number of carbonyl (C=O) groups excluding carboxylic acids is 1. The van der Waals surface area contributed by atoms with E-state index in [1.54, 1.807) is 18.0 Å². The number of hydrogen-bond acceptors (Lipinski definition) is 6. The van der Waals surface area contributed by atoms with E-state index in [0.29, 0.717) is 0 Å². The second-order valence-electron chi connectivity index (χ2n) is 5.82. The second-order valence-corrected chi connectivity index (χ2v) is 6.96. The van der Waals surface area contributed by atoms with Crippen molar-refractivity contribution in [2.24, 2.45) is 0 Å². The summed E-state index contributed by atoms with van der Waals surface area (Å²) in [6.45, 7) is 5.41. The minimum absolute atomic E-state index is 0.103. The fourth-order valence-electron chi connectivity index (χ4n) is 2.81. The lowest BCUT2D eigenvalue weighted by Gasteiger charge is -2.26. The Morgan fingerprint density at radius 3 is 3.13 bits per heavy atom. The molecule has 0 radical (unpaired) electrons. The summed E-state index contributed by atoms with van der Waals surface area (Å²) in [7, 11) is 0. The predicted octanol–water partition coefficient (Wildman–Crippen LogP) is 0.624. The van der Waals surface area contributed by atoms with Gasteiger partial charge < -0.3 is 10.1 Å². The molecule has 1 aromatic heterocycles. The Kier molecular flexibility index (Phi) is 6.27. The fraction of sp³-hybridized carbons (Fsp3) is 0.625. The van der Waals surface area contributed by atoms with Gasteiger partial charge in [-0.1, -0.05) is 6.07 Å². The van der Waals surface area contributed by atoms with Crippen LogP contribution in [0.1, 0.15) is 17.4 Å². The molecule has 2 saturated heterocycles. The van der Waals surface area contributed by atoms with E-state index in [1.165, 1.54) is 0 Å². The van der Waals surface area contributed by atoms with Crippen LogP contribution in [0, 0.1) is 0 Å². The van der Waals surface area contributed by atoms with Gasteiger partial charge in [-0.3, -0.25) is 20.0 Å². The first-order chi connectivity index (χ1) is 11.3. The molecule has 7 heteroatoms. The minimum Gasteiger partial charge on any atom is -0.379 e. The molecule has 2 aliphatic heterocycles. The number of hydrogen-bond donors (Lipinski definition) is 2. The Balaban J connectivity index is 1.34. The van der Waals surface area contributed by atoms with Crippen molar-refractivity contribution in [2.75, 3.05) is 45.1 Å². The number of rotatable bonds is 6. The van der Waals surface area contributed by atoms with Crippen molar-refractivity contribution in [1.82, 2.24) is 20.5 Å². The van der Waals surface area contributed by atoms with Crippen molar-refractivity contribution < 1.29 is 9.53 Å².